The molecule has 0 saturated carbocycles. The maximum atomic E-state index is 8.94. The van der Waals surface area contributed by atoms with E-state index in [0.29, 0.717) is 24.2 Å². The molecule has 1 atom stereocenters. The fourth-order valence-electron chi connectivity index (χ4n) is 1.85. The second kappa shape index (κ2) is 7.47. The summed E-state index contributed by atoms with van der Waals surface area (Å²) in [7, 11) is 0. The molecule has 15 heavy (non-hydrogen) atoms. The van der Waals surface area contributed by atoms with E-state index in [1.807, 2.05) is 0 Å². The van der Waals surface area contributed by atoms with E-state index in [1.54, 1.807) is 0 Å². The minimum atomic E-state index is 0.152. The molecule has 3 nitrogen and oxygen atoms in total. The number of nitrogens with one attached hydrogen (secondary N) is 1. The Kier molecular flexibility index (Phi) is 6.61. The van der Waals surface area contributed by atoms with Gasteiger partial charge in [0, 0.05) is 36.2 Å². The summed E-state index contributed by atoms with van der Waals surface area (Å²) in [6.45, 7) is 3.42. The number of aliphatic hydroxyl groups excluding tert-OH is 1. The van der Waals surface area contributed by atoms with E-state index < -0.39 is 0 Å². The summed E-state index contributed by atoms with van der Waals surface area (Å²) in [4.78, 5) is 2.12. The lowest BCUT2D eigenvalue weighted by atomic mass is 10.2. The molecule has 0 radical (unpaired) electrons. The monoisotopic (exact) mass is 252 g/mol. The Morgan fingerprint density at radius 3 is 2.93 bits per heavy atom. The predicted octanol–water partition coefficient (Wildman–Crippen LogP) is 1.35. The SMILES string of the molecule is OCCN(CC(Cl)=CCl)CC1CCCN1. The molecule has 0 aromatic heterocycles. The van der Waals surface area contributed by atoms with Crippen molar-refractivity contribution in [1.29, 1.82) is 0 Å². The van der Waals surface area contributed by atoms with Crippen molar-refractivity contribution < 1.29 is 5.11 Å². The molecule has 0 aromatic rings. The predicted molar refractivity (Wildman–Crippen MR) is 64.3 cm³/mol. The number of aliphatic hydroxyl groups is 1. The summed E-state index contributed by atoms with van der Waals surface area (Å²) >= 11 is 11.4. The molecule has 1 rings (SSSR count). The zero-order valence-corrected chi connectivity index (χ0v) is 10.3. The molecule has 0 aliphatic carbocycles. The largest absolute Gasteiger partial charge is 0.395 e. The van der Waals surface area contributed by atoms with Crippen LogP contribution in [-0.2, 0) is 0 Å². The van der Waals surface area contributed by atoms with Crippen molar-refractivity contribution in [3.05, 3.63) is 10.6 Å². The van der Waals surface area contributed by atoms with Crippen molar-refractivity contribution in [2.75, 3.05) is 32.8 Å². The average Bonchev–Trinajstić information content (AvgIpc) is 2.70. The highest BCUT2D eigenvalue weighted by molar-refractivity contribution is 6.36. The van der Waals surface area contributed by atoms with Gasteiger partial charge in [0.15, 0.2) is 0 Å². The van der Waals surface area contributed by atoms with E-state index in [0.717, 1.165) is 13.1 Å². The lowest BCUT2D eigenvalue weighted by molar-refractivity contribution is 0.197. The van der Waals surface area contributed by atoms with Crippen molar-refractivity contribution >= 4 is 23.2 Å². The number of hydrogen-bond acceptors (Lipinski definition) is 3. The van der Waals surface area contributed by atoms with E-state index in [1.165, 1.54) is 18.4 Å². The Hall–Kier alpha value is 0.200. The van der Waals surface area contributed by atoms with Crippen LogP contribution in [0.3, 0.4) is 0 Å². The lowest BCUT2D eigenvalue weighted by Gasteiger charge is -2.24. The number of hydrogen-bond donors (Lipinski definition) is 2. The highest BCUT2D eigenvalue weighted by Crippen LogP contribution is 2.10. The molecule has 88 valence electrons. The van der Waals surface area contributed by atoms with Crippen LogP contribution < -0.4 is 5.32 Å². The third-order valence-corrected chi connectivity index (χ3v) is 3.15. The van der Waals surface area contributed by atoms with Crippen molar-refractivity contribution in [3.63, 3.8) is 0 Å². The minimum Gasteiger partial charge on any atom is -0.395 e. The first kappa shape index (κ1) is 13.3. The number of nitrogens with zero attached hydrogens (tertiary/aromatic N) is 1. The third-order valence-electron chi connectivity index (χ3n) is 2.55. The maximum Gasteiger partial charge on any atom is 0.0558 e. The standard InChI is InChI=1S/C10H18Cl2N2O/c11-6-9(12)7-14(4-5-15)8-10-2-1-3-13-10/h6,10,13,15H,1-5,7-8H2. The summed E-state index contributed by atoms with van der Waals surface area (Å²) in [5.41, 5.74) is 1.38. The van der Waals surface area contributed by atoms with Crippen LogP contribution in [0, 0.1) is 0 Å². The zero-order valence-electron chi connectivity index (χ0n) is 8.75. The van der Waals surface area contributed by atoms with Gasteiger partial charge in [0.2, 0.25) is 0 Å². The van der Waals surface area contributed by atoms with Crippen LogP contribution in [0.4, 0.5) is 0 Å². The van der Waals surface area contributed by atoms with Gasteiger partial charge in [-0.15, -0.1) is 0 Å². The molecule has 2 N–H and O–H groups in total. The van der Waals surface area contributed by atoms with Crippen molar-refractivity contribution in [1.82, 2.24) is 10.2 Å². The van der Waals surface area contributed by atoms with Crippen LogP contribution in [0.1, 0.15) is 12.8 Å². The van der Waals surface area contributed by atoms with Crippen molar-refractivity contribution in [2.45, 2.75) is 18.9 Å². The highest BCUT2D eigenvalue weighted by Gasteiger charge is 2.17. The van der Waals surface area contributed by atoms with E-state index in [9.17, 15) is 0 Å². The molecule has 0 amide bonds. The number of rotatable bonds is 6. The van der Waals surface area contributed by atoms with E-state index in [-0.39, 0.29) is 6.61 Å². The summed E-state index contributed by atoms with van der Waals surface area (Å²) in [5, 5.41) is 13.0. The molecule has 1 aliphatic rings. The molecule has 1 unspecified atom stereocenters. The Balaban J connectivity index is 2.34. The van der Waals surface area contributed by atoms with E-state index >= 15 is 0 Å². The molecule has 5 heteroatoms. The minimum absolute atomic E-state index is 0.152. The fraction of sp³-hybridized carbons (Fsp3) is 0.800. The van der Waals surface area contributed by atoms with Gasteiger partial charge in [0.05, 0.1) is 6.61 Å². The first-order valence-electron chi connectivity index (χ1n) is 5.27. The van der Waals surface area contributed by atoms with Gasteiger partial charge in [-0.3, -0.25) is 4.90 Å². The van der Waals surface area contributed by atoms with Gasteiger partial charge < -0.3 is 10.4 Å². The third kappa shape index (κ3) is 5.18. The molecular formula is C10H18Cl2N2O. The quantitative estimate of drug-likeness (QED) is 0.750. The first-order chi connectivity index (χ1) is 7.26. The van der Waals surface area contributed by atoms with Gasteiger partial charge in [-0.25, -0.2) is 0 Å². The van der Waals surface area contributed by atoms with E-state index in [4.69, 9.17) is 28.3 Å². The van der Waals surface area contributed by atoms with E-state index in [2.05, 4.69) is 10.2 Å². The van der Waals surface area contributed by atoms with Gasteiger partial charge >= 0.3 is 0 Å². The van der Waals surface area contributed by atoms with Crippen LogP contribution in [0.2, 0.25) is 0 Å². The van der Waals surface area contributed by atoms with Crippen LogP contribution >= 0.6 is 23.2 Å². The van der Waals surface area contributed by atoms with Crippen LogP contribution in [0.25, 0.3) is 0 Å². The Bertz CT molecular complexity index is 206. The summed E-state index contributed by atoms with van der Waals surface area (Å²) in [6, 6.07) is 0.524. The van der Waals surface area contributed by atoms with Gasteiger partial charge in [-0.1, -0.05) is 23.2 Å². The molecular weight excluding hydrogens is 235 g/mol. The van der Waals surface area contributed by atoms with Gasteiger partial charge in [0.25, 0.3) is 0 Å². The van der Waals surface area contributed by atoms with Gasteiger partial charge in [-0.2, -0.15) is 0 Å². The second-order valence-electron chi connectivity index (χ2n) is 3.81. The van der Waals surface area contributed by atoms with Crippen molar-refractivity contribution in [3.8, 4) is 0 Å². The lowest BCUT2D eigenvalue weighted by Crippen LogP contribution is -2.39. The molecule has 0 bridgehead atoms. The van der Waals surface area contributed by atoms with Crippen LogP contribution in [-0.4, -0.2) is 48.8 Å². The number of halogens is 2. The molecule has 0 spiro atoms. The normalized spacial score (nSPS) is 22.7. The Morgan fingerprint density at radius 2 is 2.40 bits per heavy atom. The van der Waals surface area contributed by atoms with Crippen LogP contribution in [0.15, 0.2) is 10.6 Å². The topological polar surface area (TPSA) is 35.5 Å². The molecule has 1 heterocycles. The van der Waals surface area contributed by atoms with Crippen LogP contribution in [0.5, 0.6) is 0 Å². The summed E-state index contributed by atoms with van der Waals surface area (Å²) in [6.07, 6.45) is 2.43. The fourth-order valence-corrected chi connectivity index (χ4v) is 2.09. The highest BCUT2D eigenvalue weighted by atomic mass is 35.5. The smallest absolute Gasteiger partial charge is 0.0558 e. The maximum absolute atomic E-state index is 8.94. The summed E-state index contributed by atoms with van der Waals surface area (Å²) < 4.78 is 0. The zero-order chi connectivity index (χ0) is 11.1. The molecule has 0 aromatic carbocycles. The molecule has 1 aliphatic heterocycles. The Morgan fingerprint density at radius 1 is 1.60 bits per heavy atom. The molecule has 1 saturated heterocycles. The van der Waals surface area contributed by atoms with Crippen molar-refractivity contribution in [2.24, 2.45) is 0 Å². The van der Waals surface area contributed by atoms with Gasteiger partial charge in [0.1, 0.15) is 0 Å². The summed E-state index contributed by atoms with van der Waals surface area (Å²) in [5.74, 6) is 0. The van der Waals surface area contributed by atoms with Gasteiger partial charge in [-0.05, 0) is 19.4 Å². The second-order valence-corrected chi connectivity index (χ2v) is 4.51. The first-order valence-corrected chi connectivity index (χ1v) is 6.09. The molecule has 1 fully saturated rings. The Labute approximate surface area is 101 Å². The average molecular weight is 253 g/mol.